The molecule has 0 atom stereocenters. The number of hydrogen-bond acceptors (Lipinski definition) is 4. The van der Waals surface area contributed by atoms with E-state index in [1.807, 2.05) is 0 Å². The first kappa shape index (κ1) is 16.0. The lowest BCUT2D eigenvalue weighted by molar-refractivity contribution is -0.384. The van der Waals surface area contributed by atoms with Crippen LogP contribution in [0.1, 0.15) is 25.7 Å². The highest BCUT2D eigenvalue weighted by Crippen LogP contribution is 2.35. The van der Waals surface area contributed by atoms with Gasteiger partial charge < -0.3 is 15.0 Å². The molecule has 3 rings (SSSR count). The highest BCUT2D eigenvalue weighted by Gasteiger charge is 2.40. The first-order chi connectivity index (χ1) is 11.4. The van der Waals surface area contributed by atoms with Crippen LogP contribution in [-0.4, -0.2) is 32.0 Å². The fourth-order valence-corrected chi connectivity index (χ4v) is 3.17. The minimum atomic E-state index is -0.922. The van der Waals surface area contributed by atoms with E-state index in [4.69, 9.17) is 5.11 Å². The number of carbonyl (C=O) groups excluding carboxylic acids is 1. The average molecular weight is 331 g/mol. The van der Waals surface area contributed by atoms with Crippen LogP contribution in [0.15, 0.2) is 30.5 Å². The minimum Gasteiger partial charge on any atom is -0.481 e. The minimum absolute atomic E-state index is 0.000388. The number of non-ortho nitro benzene ring substituents is 1. The summed E-state index contributed by atoms with van der Waals surface area (Å²) in [4.78, 5) is 33.6. The molecule has 1 aliphatic carbocycles. The van der Waals surface area contributed by atoms with E-state index in [2.05, 4.69) is 5.32 Å². The van der Waals surface area contributed by atoms with E-state index in [9.17, 15) is 19.7 Å². The molecule has 8 nitrogen and oxygen atoms in total. The molecule has 0 spiro atoms. The van der Waals surface area contributed by atoms with Crippen LogP contribution in [0.4, 0.5) is 5.69 Å². The van der Waals surface area contributed by atoms with E-state index in [1.165, 1.54) is 12.1 Å². The second-order valence-corrected chi connectivity index (χ2v) is 6.20. The van der Waals surface area contributed by atoms with Gasteiger partial charge in [-0.05, 0) is 31.4 Å². The third-order valence-corrected chi connectivity index (χ3v) is 4.48. The number of carbonyl (C=O) groups is 2. The number of nitro groups is 1. The van der Waals surface area contributed by atoms with Crippen molar-refractivity contribution in [3.63, 3.8) is 0 Å². The quantitative estimate of drug-likeness (QED) is 0.621. The zero-order chi connectivity index (χ0) is 17.3. The Hall–Kier alpha value is -2.90. The molecule has 2 N–H and O–H groups in total. The smallest absolute Gasteiger partial charge is 0.305 e. The zero-order valence-electron chi connectivity index (χ0n) is 12.9. The molecule has 1 aromatic carbocycles. The lowest BCUT2D eigenvalue weighted by Crippen LogP contribution is -2.55. The van der Waals surface area contributed by atoms with Crippen LogP contribution in [0.25, 0.3) is 10.9 Å². The van der Waals surface area contributed by atoms with Crippen molar-refractivity contribution in [2.45, 2.75) is 37.8 Å². The summed E-state index contributed by atoms with van der Waals surface area (Å²) in [6.45, 7) is 0.0443. The summed E-state index contributed by atoms with van der Waals surface area (Å²) in [6, 6.07) is 6.18. The van der Waals surface area contributed by atoms with Gasteiger partial charge in [0.05, 0.1) is 16.9 Å². The van der Waals surface area contributed by atoms with Crippen molar-refractivity contribution in [1.82, 2.24) is 9.88 Å². The van der Waals surface area contributed by atoms with E-state index >= 15 is 0 Å². The van der Waals surface area contributed by atoms with Gasteiger partial charge in [0.2, 0.25) is 5.91 Å². The number of carboxylic acids is 1. The Kier molecular flexibility index (Phi) is 3.96. The van der Waals surface area contributed by atoms with Gasteiger partial charge in [0.25, 0.3) is 5.69 Å². The van der Waals surface area contributed by atoms with Crippen LogP contribution >= 0.6 is 0 Å². The highest BCUT2D eigenvalue weighted by molar-refractivity contribution is 5.85. The largest absolute Gasteiger partial charge is 0.481 e. The van der Waals surface area contributed by atoms with Crippen LogP contribution in [0.5, 0.6) is 0 Å². The fraction of sp³-hybridized carbons (Fsp3) is 0.375. The number of nitro benzene ring substituents is 1. The third kappa shape index (κ3) is 3.08. The molecule has 1 amide bonds. The topological polar surface area (TPSA) is 114 Å². The molecule has 0 radical (unpaired) electrons. The van der Waals surface area contributed by atoms with Gasteiger partial charge in [0.1, 0.15) is 6.54 Å². The molecule has 1 aliphatic rings. The standard InChI is InChI=1S/C16H17N3O5/c20-14(17-16(5-1-6-16)9-15(21)22)10-18-7-4-11-8-12(19(23)24)2-3-13(11)18/h2-4,7-8H,1,5-6,9-10H2,(H,17,20)(H,21,22). The van der Waals surface area contributed by atoms with E-state index in [1.54, 1.807) is 22.9 Å². The molecule has 0 unspecified atom stereocenters. The van der Waals surface area contributed by atoms with Crippen molar-refractivity contribution in [1.29, 1.82) is 0 Å². The van der Waals surface area contributed by atoms with E-state index in [-0.39, 0.29) is 24.6 Å². The molecular weight excluding hydrogens is 314 g/mol. The first-order valence-electron chi connectivity index (χ1n) is 7.65. The number of amides is 1. The van der Waals surface area contributed by atoms with Gasteiger partial charge in [-0.25, -0.2) is 0 Å². The Morgan fingerprint density at radius 3 is 2.67 bits per heavy atom. The Morgan fingerprint density at radius 1 is 1.33 bits per heavy atom. The SMILES string of the molecule is O=C(O)CC1(NC(=O)Cn2ccc3cc([N+](=O)[O-])ccc32)CCC1. The summed E-state index contributed by atoms with van der Waals surface area (Å²) in [5.41, 5.74) is 0.0845. The van der Waals surface area contributed by atoms with E-state index in [0.29, 0.717) is 18.2 Å². The molecular formula is C16H17N3O5. The van der Waals surface area contributed by atoms with Gasteiger partial charge in [-0.15, -0.1) is 0 Å². The molecule has 24 heavy (non-hydrogen) atoms. The molecule has 0 aliphatic heterocycles. The van der Waals surface area contributed by atoms with Crippen molar-refractivity contribution in [3.8, 4) is 0 Å². The van der Waals surface area contributed by atoms with Crippen LogP contribution in [-0.2, 0) is 16.1 Å². The van der Waals surface area contributed by atoms with Gasteiger partial charge in [-0.2, -0.15) is 0 Å². The van der Waals surface area contributed by atoms with Crippen molar-refractivity contribution < 1.29 is 19.6 Å². The molecule has 2 aromatic rings. The number of rotatable bonds is 6. The van der Waals surface area contributed by atoms with Crippen molar-refractivity contribution in [2.75, 3.05) is 0 Å². The Balaban J connectivity index is 1.74. The number of nitrogens with one attached hydrogen (secondary N) is 1. The number of carboxylic acid groups (broad SMARTS) is 1. The summed E-state index contributed by atoms with van der Waals surface area (Å²) in [6.07, 6.45) is 3.87. The molecule has 8 heteroatoms. The molecule has 1 fully saturated rings. The van der Waals surface area contributed by atoms with Crippen molar-refractivity contribution in [3.05, 3.63) is 40.6 Å². The molecule has 1 heterocycles. The molecule has 0 bridgehead atoms. The summed E-state index contributed by atoms with van der Waals surface area (Å²) >= 11 is 0. The van der Waals surface area contributed by atoms with E-state index < -0.39 is 16.4 Å². The van der Waals surface area contributed by atoms with Gasteiger partial charge in [0.15, 0.2) is 0 Å². The molecule has 1 saturated carbocycles. The Morgan fingerprint density at radius 2 is 2.08 bits per heavy atom. The lowest BCUT2D eigenvalue weighted by Gasteiger charge is -2.41. The van der Waals surface area contributed by atoms with Crippen LogP contribution in [0.2, 0.25) is 0 Å². The fourth-order valence-electron chi connectivity index (χ4n) is 3.17. The summed E-state index contributed by atoms with van der Waals surface area (Å²) in [5, 5.41) is 23.3. The maximum atomic E-state index is 12.3. The number of aliphatic carboxylic acids is 1. The second-order valence-electron chi connectivity index (χ2n) is 6.20. The molecule has 0 saturated heterocycles. The van der Waals surface area contributed by atoms with Gasteiger partial charge in [0, 0.05) is 29.2 Å². The van der Waals surface area contributed by atoms with E-state index in [0.717, 1.165) is 11.9 Å². The molecule has 126 valence electrons. The van der Waals surface area contributed by atoms with Crippen LogP contribution in [0.3, 0.4) is 0 Å². The summed E-state index contributed by atoms with van der Waals surface area (Å²) in [7, 11) is 0. The summed E-state index contributed by atoms with van der Waals surface area (Å²) in [5.74, 6) is -1.18. The van der Waals surface area contributed by atoms with Crippen LogP contribution < -0.4 is 5.32 Å². The average Bonchev–Trinajstić information content (AvgIpc) is 2.86. The molecule has 1 aromatic heterocycles. The first-order valence-corrected chi connectivity index (χ1v) is 7.65. The number of hydrogen-bond donors (Lipinski definition) is 2. The zero-order valence-corrected chi connectivity index (χ0v) is 12.9. The lowest BCUT2D eigenvalue weighted by atomic mass is 9.74. The van der Waals surface area contributed by atoms with Gasteiger partial charge in [-0.3, -0.25) is 19.7 Å². The third-order valence-electron chi connectivity index (χ3n) is 4.48. The highest BCUT2D eigenvalue weighted by atomic mass is 16.6. The number of fused-ring (bicyclic) bond motifs is 1. The second kappa shape index (κ2) is 5.95. The van der Waals surface area contributed by atoms with Crippen molar-refractivity contribution in [2.24, 2.45) is 0 Å². The van der Waals surface area contributed by atoms with Crippen LogP contribution in [0, 0.1) is 10.1 Å². The Labute approximate surface area is 137 Å². The number of aromatic nitrogens is 1. The summed E-state index contributed by atoms with van der Waals surface area (Å²) < 4.78 is 1.70. The Bertz CT molecular complexity index is 822. The number of benzene rings is 1. The van der Waals surface area contributed by atoms with Gasteiger partial charge >= 0.3 is 5.97 Å². The van der Waals surface area contributed by atoms with Crippen molar-refractivity contribution >= 4 is 28.5 Å². The number of nitrogens with zero attached hydrogens (tertiary/aromatic N) is 2. The normalized spacial score (nSPS) is 15.7. The maximum Gasteiger partial charge on any atom is 0.305 e. The predicted molar refractivity (Wildman–Crippen MR) is 85.6 cm³/mol. The maximum absolute atomic E-state index is 12.3. The monoisotopic (exact) mass is 331 g/mol. The van der Waals surface area contributed by atoms with Gasteiger partial charge in [-0.1, -0.05) is 0 Å². The predicted octanol–water partition coefficient (Wildman–Crippen LogP) is 2.06.